The lowest BCUT2D eigenvalue weighted by Gasteiger charge is -2.18. The SMILES string of the molecule is CC(NC(=O)CCC(=O)c1ccc2c(c1)OCCO2)c1cccc(Br)c1. The van der Waals surface area contributed by atoms with Gasteiger partial charge in [-0.1, -0.05) is 28.1 Å². The summed E-state index contributed by atoms with van der Waals surface area (Å²) in [5.41, 5.74) is 1.54. The highest BCUT2D eigenvalue weighted by Crippen LogP contribution is 2.31. The second-order valence-electron chi connectivity index (χ2n) is 6.13. The third-order valence-electron chi connectivity index (χ3n) is 4.17. The van der Waals surface area contributed by atoms with Crippen LogP contribution < -0.4 is 14.8 Å². The van der Waals surface area contributed by atoms with Crippen molar-refractivity contribution in [3.05, 3.63) is 58.1 Å². The number of fused-ring (bicyclic) bond motifs is 1. The molecule has 0 spiro atoms. The molecular weight excluding hydrogens is 398 g/mol. The molecule has 0 saturated carbocycles. The number of Topliss-reactive ketones (excluding diaryl/α,β-unsaturated/α-hetero) is 1. The van der Waals surface area contributed by atoms with Crippen LogP contribution in [0.1, 0.15) is 41.7 Å². The van der Waals surface area contributed by atoms with Crippen LogP contribution in [0.25, 0.3) is 0 Å². The molecule has 2 aromatic rings. The fourth-order valence-electron chi connectivity index (χ4n) is 2.76. The van der Waals surface area contributed by atoms with Crippen LogP contribution in [0.4, 0.5) is 0 Å². The zero-order valence-corrected chi connectivity index (χ0v) is 16.0. The summed E-state index contributed by atoms with van der Waals surface area (Å²) in [6.07, 6.45) is 0.294. The molecule has 0 saturated heterocycles. The Labute approximate surface area is 160 Å². The summed E-state index contributed by atoms with van der Waals surface area (Å²) in [7, 11) is 0. The molecule has 0 bridgehead atoms. The van der Waals surface area contributed by atoms with E-state index in [1.165, 1.54) is 0 Å². The molecule has 1 aliphatic rings. The van der Waals surface area contributed by atoms with E-state index in [-0.39, 0.29) is 30.6 Å². The van der Waals surface area contributed by atoms with Crippen molar-refractivity contribution in [1.29, 1.82) is 0 Å². The van der Waals surface area contributed by atoms with Crippen molar-refractivity contribution in [3.8, 4) is 11.5 Å². The summed E-state index contributed by atoms with van der Waals surface area (Å²) in [6, 6.07) is 12.8. The lowest BCUT2D eigenvalue weighted by atomic mass is 10.0. The first-order valence-electron chi connectivity index (χ1n) is 8.50. The monoisotopic (exact) mass is 417 g/mol. The predicted octanol–water partition coefficient (Wildman–Crippen LogP) is 4.06. The van der Waals surface area contributed by atoms with Crippen molar-refractivity contribution in [2.24, 2.45) is 0 Å². The summed E-state index contributed by atoms with van der Waals surface area (Å²) in [6.45, 7) is 2.90. The highest BCUT2D eigenvalue weighted by Gasteiger charge is 2.16. The molecule has 1 heterocycles. The van der Waals surface area contributed by atoms with Gasteiger partial charge < -0.3 is 14.8 Å². The zero-order chi connectivity index (χ0) is 18.5. The van der Waals surface area contributed by atoms with Crippen molar-refractivity contribution >= 4 is 27.6 Å². The van der Waals surface area contributed by atoms with Crippen LogP contribution in [-0.4, -0.2) is 24.9 Å². The molecule has 1 atom stereocenters. The van der Waals surface area contributed by atoms with Gasteiger partial charge in [0.25, 0.3) is 0 Å². The normalized spacial score (nSPS) is 13.8. The first kappa shape index (κ1) is 18.5. The third kappa shape index (κ3) is 4.64. The minimum atomic E-state index is -0.150. The highest BCUT2D eigenvalue weighted by molar-refractivity contribution is 9.10. The standard InChI is InChI=1S/C20H20BrNO4/c1-13(14-3-2-4-16(21)11-14)22-20(24)8-6-17(23)15-5-7-18-19(12-15)26-10-9-25-18/h2-5,7,11-13H,6,8-10H2,1H3,(H,22,24). The molecule has 1 amide bonds. The van der Waals surface area contributed by atoms with Crippen LogP contribution in [0.3, 0.4) is 0 Å². The van der Waals surface area contributed by atoms with E-state index in [9.17, 15) is 9.59 Å². The van der Waals surface area contributed by atoms with Crippen molar-refractivity contribution in [3.63, 3.8) is 0 Å². The number of carbonyl (C=O) groups excluding carboxylic acids is 2. The minimum absolute atomic E-state index is 0.0905. The van der Waals surface area contributed by atoms with Gasteiger partial charge in [0, 0.05) is 22.9 Å². The highest BCUT2D eigenvalue weighted by atomic mass is 79.9. The topological polar surface area (TPSA) is 64.6 Å². The second kappa shape index (κ2) is 8.36. The summed E-state index contributed by atoms with van der Waals surface area (Å²) >= 11 is 3.42. The van der Waals surface area contributed by atoms with Gasteiger partial charge in [0.2, 0.25) is 5.91 Å². The van der Waals surface area contributed by atoms with Crippen molar-refractivity contribution < 1.29 is 19.1 Å². The van der Waals surface area contributed by atoms with Crippen LogP contribution in [0.15, 0.2) is 46.9 Å². The van der Waals surface area contributed by atoms with Gasteiger partial charge in [-0.3, -0.25) is 9.59 Å². The Morgan fingerprint density at radius 3 is 2.62 bits per heavy atom. The summed E-state index contributed by atoms with van der Waals surface area (Å²) < 4.78 is 11.9. The molecule has 1 aliphatic heterocycles. The van der Waals surface area contributed by atoms with Crippen LogP contribution >= 0.6 is 15.9 Å². The maximum atomic E-state index is 12.4. The number of rotatable bonds is 6. The molecule has 6 heteroatoms. The number of hydrogen-bond donors (Lipinski definition) is 1. The fourth-order valence-corrected chi connectivity index (χ4v) is 3.18. The van der Waals surface area contributed by atoms with Crippen molar-refractivity contribution in [1.82, 2.24) is 5.32 Å². The Hall–Kier alpha value is -2.34. The van der Waals surface area contributed by atoms with E-state index in [1.54, 1.807) is 18.2 Å². The van der Waals surface area contributed by atoms with Gasteiger partial charge in [-0.25, -0.2) is 0 Å². The zero-order valence-electron chi connectivity index (χ0n) is 14.5. The van der Waals surface area contributed by atoms with Crippen LogP contribution in [-0.2, 0) is 4.79 Å². The number of carbonyl (C=O) groups is 2. The number of ketones is 1. The summed E-state index contributed by atoms with van der Waals surface area (Å²) in [5.74, 6) is 0.985. The smallest absolute Gasteiger partial charge is 0.220 e. The molecule has 0 aromatic heterocycles. The lowest BCUT2D eigenvalue weighted by molar-refractivity contribution is -0.121. The van der Waals surface area contributed by atoms with E-state index in [0.717, 1.165) is 10.0 Å². The largest absolute Gasteiger partial charge is 0.486 e. The minimum Gasteiger partial charge on any atom is -0.486 e. The van der Waals surface area contributed by atoms with E-state index in [0.29, 0.717) is 30.3 Å². The number of benzene rings is 2. The fraction of sp³-hybridized carbons (Fsp3) is 0.300. The second-order valence-corrected chi connectivity index (χ2v) is 7.04. The molecular formula is C20H20BrNO4. The number of halogens is 1. The van der Waals surface area contributed by atoms with Gasteiger partial charge in [-0.15, -0.1) is 0 Å². The first-order chi connectivity index (χ1) is 12.5. The van der Waals surface area contributed by atoms with Gasteiger partial charge in [0.15, 0.2) is 17.3 Å². The Kier molecular flexibility index (Phi) is 5.93. The van der Waals surface area contributed by atoms with Gasteiger partial charge in [-0.05, 0) is 42.8 Å². The Morgan fingerprint density at radius 1 is 1.08 bits per heavy atom. The van der Waals surface area contributed by atoms with E-state index in [4.69, 9.17) is 9.47 Å². The average Bonchev–Trinajstić information content (AvgIpc) is 2.65. The van der Waals surface area contributed by atoms with Gasteiger partial charge in [-0.2, -0.15) is 0 Å². The maximum Gasteiger partial charge on any atom is 0.220 e. The number of ether oxygens (including phenoxy) is 2. The van der Waals surface area contributed by atoms with Crippen molar-refractivity contribution in [2.75, 3.05) is 13.2 Å². The van der Waals surface area contributed by atoms with Crippen LogP contribution in [0, 0.1) is 0 Å². The Morgan fingerprint density at radius 2 is 1.85 bits per heavy atom. The lowest BCUT2D eigenvalue weighted by Crippen LogP contribution is -2.27. The number of amides is 1. The molecule has 0 radical (unpaired) electrons. The molecule has 1 unspecified atom stereocenters. The molecule has 3 rings (SSSR count). The number of hydrogen-bond acceptors (Lipinski definition) is 4. The first-order valence-corrected chi connectivity index (χ1v) is 9.30. The Balaban J connectivity index is 1.53. The van der Waals surface area contributed by atoms with Gasteiger partial charge >= 0.3 is 0 Å². The van der Waals surface area contributed by atoms with Crippen molar-refractivity contribution in [2.45, 2.75) is 25.8 Å². The van der Waals surface area contributed by atoms with E-state index >= 15 is 0 Å². The van der Waals surface area contributed by atoms with Gasteiger partial charge in [0.05, 0.1) is 6.04 Å². The molecule has 2 aromatic carbocycles. The summed E-state index contributed by atoms with van der Waals surface area (Å²) in [4.78, 5) is 24.5. The molecule has 1 N–H and O–H groups in total. The molecule has 136 valence electrons. The Bertz CT molecular complexity index is 821. The third-order valence-corrected chi connectivity index (χ3v) is 4.66. The number of nitrogens with one attached hydrogen (secondary N) is 1. The van der Waals surface area contributed by atoms with E-state index in [1.807, 2.05) is 31.2 Å². The van der Waals surface area contributed by atoms with E-state index in [2.05, 4.69) is 21.2 Å². The molecule has 0 aliphatic carbocycles. The maximum absolute atomic E-state index is 12.4. The quantitative estimate of drug-likeness (QED) is 0.719. The van der Waals surface area contributed by atoms with Crippen LogP contribution in [0.2, 0.25) is 0 Å². The predicted molar refractivity (Wildman–Crippen MR) is 102 cm³/mol. The molecule has 0 fully saturated rings. The summed E-state index contributed by atoms with van der Waals surface area (Å²) in [5, 5.41) is 2.92. The molecule has 26 heavy (non-hydrogen) atoms. The average molecular weight is 418 g/mol. The molecule has 5 nitrogen and oxygen atoms in total. The van der Waals surface area contributed by atoms with E-state index < -0.39 is 0 Å². The van der Waals surface area contributed by atoms with Crippen LogP contribution in [0.5, 0.6) is 11.5 Å². The van der Waals surface area contributed by atoms with Gasteiger partial charge in [0.1, 0.15) is 13.2 Å².